The molecule has 2 atom stereocenters. The van der Waals surface area contributed by atoms with Crippen molar-refractivity contribution >= 4 is 21.4 Å². The van der Waals surface area contributed by atoms with Crippen LogP contribution in [0.1, 0.15) is 32.6 Å². The first-order valence-electron chi connectivity index (χ1n) is 7.58. The summed E-state index contributed by atoms with van der Waals surface area (Å²) in [5, 5.41) is 2.72. The van der Waals surface area contributed by atoms with Crippen LogP contribution in [0, 0.1) is 5.92 Å². The molecule has 1 aromatic carbocycles. The molecule has 22 heavy (non-hydrogen) atoms. The van der Waals surface area contributed by atoms with Gasteiger partial charge >= 0.3 is 0 Å². The zero-order chi connectivity index (χ0) is 16.2. The molecule has 1 N–H and O–H groups in total. The Labute approximate surface area is 132 Å². The predicted octanol–water partition coefficient (Wildman–Crippen LogP) is 2.62. The van der Waals surface area contributed by atoms with E-state index in [1.54, 1.807) is 12.1 Å². The Bertz CT molecular complexity index is 610. The molecule has 1 saturated carbocycles. The second-order valence-electron chi connectivity index (χ2n) is 5.96. The summed E-state index contributed by atoms with van der Waals surface area (Å²) in [5.74, 6) is 0.278. The number of benzene rings is 1. The third kappa shape index (κ3) is 4.81. The van der Waals surface area contributed by atoms with Crippen LogP contribution in [0.2, 0.25) is 0 Å². The first-order chi connectivity index (χ1) is 10.4. The second kappa shape index (κ2) is 7.24. The molecule has 0 aliphatic heterocycles. The van der Waals surface area contributed by atoms with Gasteiger partial charge in [0.15, 0.2) is 9.84 Å². The predicted molar refractivity (Wildman–Crippen MR) is 85.6 cm³/mol. The summed E-state index contributed by atoms with van der Waals surface area (Å²) in [4.78, 5) is 12.1. The van der Waals surface area contributed by atoms with Crippen molar-refractivity contribution in [1.82, 2.24) is 0 Å². The van der Waals surface area contributed by atoms with Gasteiger partial charge in [0, 0.05) is 11.9 Å². The maximum atomic E-state index is 11.9. The highest BCUT2D eigenvalue weighted by molar-refractivity contribution is 7.90. The Morgan fingerprint density at radius 3 is 2.45 bits per heavy atom. The molecule has 122 valence electrons. The van der Waals surface area contributed by atoms with Gasteiger partial charge in [-0.3, -0.25) is 4.79 Å². The lowest BCUT2D eigenvalue weighted by atomic mass is 9.88. The lowest BCUT2D eigenvalue weighted by molar-refractivity contribution is -0.124. The van der Waals surface area contributed by atoms with E-state index in [4.69, 9.17) is 4.74 Å². The van der Waals surface area contributed by atoms with Crippen LogP contribution in [0.25, 0.3) is 0 Å². The van der Waals surface area contributed by atoms with Crippen LogP contribution in [-0.4, -0.2) is 33.3 Å². The van der Waals surface area contributed by atoms with Crippen molar-refractivity contribution in [2.45, 2.75) is 43.6 Å². The fourth-order valence-corrected chi connectivity index (χ4v) is 3.33. The Balaban J connectivity index is 1.84. The lowest BCUT2D eigenvalue weighted by Crippen LogP contribution is -2.29. The minimum absolute atomic E-state index is 0.0306. The summed E-state index contributed by atoms with van der Waals surface area (Å²) in [6, 6.07) is 6.12. The molecule has 2 rings (SSSR count). The largest absolute Gasteiger partial charge is 0.368 e. The number of rotatable bonds is 5. The zero-order valence-corrected chi connectivity index (χ0v) is 13.9. The summed E-state index contributed by atoms with van der Waals surface area (Å²) < 4.78 is 28.4. The Kier molecular flexibility index (Phi) is 5.58. The number of nitrogens with one attached hydrogen (secondary N) is 1. The van der Waals surface area contributed by atoms with Gasteiger partial charge in [-0.15, -0.1) is 0 Å². The van der Waals surface area contributed by atoms with Crippen LogP contribution in [0.4, 0.5) is 5.69 Å². The van der Waals surface area contributed by atoms with Gasteiger partial charge in [-0.2, -0.15) is 0 Å². The van der Waals surface area contributed by atoms with Gasteiger partial charge < -0.3 is 10.1 Å². The molecule has 0 radical (unpaired) electrons. The molecule has 0 saturated heterocycles. The van der Waals surface area contributed by atoms with E-state index < -0.39 is 9.84 Å². The fourth-order valence-electron chi connectivity index (χ4n) is 2.70. The minimum Gasteiger partial charge on any atom is -0.368 e. The van der Waals surface area contributed by atoms with Crippen molar-refractivity contribution in [1.29, 1.82) is 0 Å². The van der Waals surface area contributed by atoms with Crippen molar-refractivity contribution in [3.63, 3.8) is 0 Å². The molecular weight excluding hydrogens is 302 g/mol. The van der Waals surface area contributed by atoms with E-state index in [9.17, 15) is 13.2 Å². The summed E-state index contributed by atoms with van der Waals surface area (Å²) >= 11 is 0. The normalized spacial score (nSPS) is 22.3. The number of sulfone groups is 1. The molecule has 1 amide bonds. The standard InChI is InChI=1S/C16H23NO4S/c1-12-5-3-4-6-15(12)21-11-16(18)17-13-7-9-14(10-8-13)22(2,19)20/h7-10,12,15H,3-6,11H2,1-2H3,(H,17,18). The van der Waals surface area contributed by atoms with Crippen molar-refractivity contribution in [2.24, 2.45) is 5.92 Å². The van der Waals surface area contributed by atoms with Crippen molar-refractivity contribution < 1.29 is 17.9 Å². The lowest BCUT2D eigenvalue weighted by Gasteiger charge is -2.28. The minimum atomic E-state index is -3.22. The van der Waals surface area contributed by atoms with Gasteiger partial charge in [0.2, 0.25) is 5.91 Å². The molecule has 6 heteroatoms. The highest BCUT2D eigenvalue weighted by Gasteiger charge is 2.22. The van der Waals surface area contributed by atoms with Crippen LogP contribution in [0.15, 0.2) is 29.2 Å². The van der Waals surface area contributed by atoms with E-state index in [2.05, 4.69) is 12.2 Å². The quantitative estimate of drug-likeness (QED) is 0.903. The van der Waals surface area contributed by atoms with E-state index in [0.717, 1.165) is 25.5 Å². The topological polar surface area (TPSA) is 72.5 Å². The van der Waals surface area contributed by atoms with Gasteiger partial charge in [-0.25, -0.2) is 8.42 Å². The smallest absolute Gasteiger partial charge is 0.250 e. The number of hydrogen-bond acceptors (Lipinski definition) is 4. The Morgan fingerprint density at radius 1 is 1.23 bits per heavy atom. The van der Waals surface area contributed by atoms with E-state index in [-0.39, 0.29) is 23.5 Å². The highest BCUT2D eigenvalue weighted by atomic mass is 32.2. The zero-order valence-electron chi connectivity index (χ0n) is 13.0. The number of carbonyl (C=O) groups is 1. The highest BCUT2D eigenvalue weighted by Crippen LogP contribution is 2.26. The van der Waals surface area contributed by atoms with Gasteiger partial charge in [0.25, 0.3) is 0 Å². The molecule has 0 heterocycles. The van der Waals surface area contributed by atoms with Crippen LogP contribution in [0.3, 0.4) is 0 Å². The van der Waals surface area contributed by atoms with E-state index in [0.29, 0.717) is 11.6 Å². The average Bonchev–Trinajstić information content (AvgIpc) is 2.46. The van der Waals surface area contributed by atoms with Crippen LogP contribution >= 0.6 is 0 Å². The first-order valence-corrected chi connectivity index (χ1v) is 9.47. The molecule has 0 aromatic heterocycles. The molecule has 1 aliphatic carbocycles. The van der Waals surface area contributed by atoms with Crippen molar-refractivity contribution in [3.05, 3.63) is 24.3 Å². The maximum Gasteiger partial charge on any atom is 0.250 e. The van der Waals surface area contributed by atoms with Crippen LogP contribution in [-0.2, 0) is 19.4 Å². The second-order valence-corrected chi connectivity index (χ2v) is 7.97. The molecule has 0 spiro atoms. The van der Waals surface area contributed by atoms with Gasteiger partial charge in [0.1, 0.15) is 6.61 Å². The molecule has 1 aromatic rings. The van der Waals surface area contributed by atoms with Crippen molar-refractivity contribution in [3.8, 4) is 0 Å². The Morgan fingerprint density at radius 2 is 1.86 bits per heavy atom. The number of anilines is 1. The molecule has 0 bridgehead atoms. The van der Waals surface area contributed by atoms with Crippen LogP contribution in [0.5, 0.6) is 0 Å². The Hall–Kier alpha value is -1.40. The summed E-state index contributed by atoms with van der Waals surface area (Å²) in [6.45, 7) is 2.19. The molecule has 5 nitrogen and oxygen atoms in total. The monoisotopic (exact) mass is 325 g/mol. The number of ether oxygens (including phenoxy) is 1. The summed E-state index contributed by atoms with van der Waals surface area (Å²) in [7, 11) is -3.22. The SMILES string of the molecule is CC1CCCCC1OCC(=O)Nc1ccc(S(C)(=O)=O)cc1. The number of hydrogen-bond donors (Lipinski definition) is 1. The fraction of sp³-hybridized carbons (Fsp3) is 0.562. The first kappa shape index (κ1) is 17.0. The molecule has 2 unspecified atom stereocenters. The third-order valence-electron chi connectivity index (χ3n) is 4.03. The van der Waals surface area contributed by atoms with Crippen LogP contribution < -0.4 is 5.32 Å². The maximum absolute atomic E-state index is 11.9. The summed E-state index contributed by atoms with van der Waals surface area (Å²) in [5.41, 5.74) is 0.567. The molecule has 1 aliphatic rings. The van der Waals surface area contributed by atoms with Gasteiger partial charge in [0.05, 0.1) is 11.0 Å². The molecule has 1 fully saturated rings. The molecular formula is C16H23NO4S. The van der Waals surface area contributed by atoms with Gasteiger partial charge in [-0.1, -0.05) is 19.8 Å². The number of carbonyl (C=O) groups excluding carboxylic acids is 1. The summed E-state index contributed by atoms with van der Waals surface area (Å²) in [6.07, 6.45) is 5.87. The van der Waals surface area contributed by atoms with Gasteiger partial charge in [-0.05, 0) is 43.0 Å². The van der Waals surface area contributed by atoms with E-state index >= 15 is 0 Å². The van der Waals surface area contributed by atoms with E-state index in [1.807, 2.05) is 0 Å². The number of amides is 1. The van der Waals surface area contributed by atoms with E-state index in [1.165, 1.54) is 18.6 Å². The third-order valence-corrected chi connectivity index (χ3v) is 5.16. The van der Waals surface area contributed by atoms with Crippen molar-refractivity contribution in [2.75, 3.05) is 18.2 Å². The average molecular weight is 325 g/mol.